The van der Waals surface area contributed by atoms with Crippen LogP contribution in [-0.2, 0) is 9.53 Å². The maximum absolute atomic E-state index is 11.4. The van der Waals surface area contributed by atoms with Crippen LogP contribution >= 0.6 is 11.3 Å². The number of anilines is 1. The number of nitriles is 2. The maximum Gasteiger partial charge on any atom is 0.348 e. The van der Waals surface area contributed by atoms with Crippen molar-refractivity contribution in [3.8, 4) is 12.1 Å². The van der Waals surface area contributed by atoms with Crippen molar-refractivity contribution in [2.24, 2.45) is 0 Å². The van der Waals surface area contributed by atoms with Crippen LogP contribution in [0.25, 0.3) is 0 Å². The van der Waals surface area contributed by atoms with Crippen LogP contribution in [0.15, 0.2) is 0 Å². The SMILES string of the molecule is COC(=O)c1sc(NC(=O)CC#N)c(C#N)c1C. The van der Waals surface area contributed by atoms with Gasteiger partial charge in [0.1, 0.15) is 22.4 Å². The van der Waals surface area contributed by atoms with Crippen LogP contribution in [0, 0.1) is 29.6 Å². The van der Waals surface area contributed by atoms with Crippen LogP contribution in [0.3, 0.4) is 0 Å². The minimum absolute atomic E-state index is 0.215. The Balaban J connectivity index is 3.14. The van der Waals surface area contributed by atoms with Gasteiger partial charge in [0.25, 0.3) is 0 Å². The molecule has 1 heterocycles. The molecule has 0 bridgehead atoms. The summed E-state index contributed by atoms with van der Waals surface area (Å²) in [5.74, 6) is -1.08. The van der Waals surface area contributed by atoms with Gasteiger partial charge in [-0.05, 0) is 12.5 Å². The molecule has 6 nitrogen and oxygen atoms in total. The Morgan fingerprint density at radius 2 is 2.11 bits per heavy atom. The van der Waals surface area contributed by atoms with Gasteiger partial charge in [0.15, 0.2) is 0 Å². The molecule has 0 aromatic carbocycles. The highest BCUT2D eigenvalue weighted by atomic mass is 32.1. The number of hydrogen-bond donors (Lipinski definition) is 1. The number of ether oxygens (including phenoxy) is 1. The number of amides is 1. The Hall–Kier alpha value is -2.38. The van der Waals surface area contributed by atoms with Crippen LogP contribution in [0.2, 0.25) is 0 Å². The molecular weight excluding hydrogens is 254 g/mol. The lowest BCUT2D eigenvalue weighted by atomic mass is 10.2. The van der Waals surface area contributed by atoms with E-state index < -0.39 is 11.9 Å². The standard InChI is InChI=1S/C11H9N3O3S/c1-6-7(5-13)10(14-8(15)3-4-12)18-9(6)11(16)17-2/h3H2,1-2H3,(H,14,15). The molecule has 0 aliphatic carbocycles. The number of carbonyl (C=O) groups excluding carboxylic acids is 2. The molecule has 1 amide bonds. The van der Waals surface area contributed by atoms with Crippen molar-refractivity contribution in [1.29, 1.82) is 10.5 Å². The summed E-state index contributed by atoms with van der Waals surface area (Å²) < 4.78 is 4.58. The van der Waals surface area contributed by atoms with Gasteiger partial charge in [-0.3, -0.25) is 4.79 Å². The summed E-state index contributed by atoms with van der Waals surface area (Å²) in [6.45, 7) is 1.60. The monoisotopic (exact) mass is 263 g/mol. The number of nitrogens with zero attached hydrogens (tertiary/aromatic N) is 2. The molecule has 0 spiro atoms. The van der Waals surface area contributed by atoms with Gasteiger partial charge >= 0.3 is 5.97 Å². The molecule has 92 valence electrons. The minimum atomic E-state index is -0.560. The molecule has 0 unspecified atom stereocenters. The zero-order valence-electron chi connectivity index (χ0n) is 9.73. The fourth-order valence-electron chi connectivity index (χ4n) is 1.27. The Morgan fingerprint density at radius 3 is 2.61 bits per heavy atom. The number of thiophene rings is 1. The third-order valence-electron chi connectivity index (χ3n) is 2.12. The van der Waals surface area contributed by atoms with Gasteiger partial charge in [-0.25, -0.2) is 4.79 Å². The van der Waals surface area contributed by atoms with E-state index in [0.29, 0.717) is 5.56 Å². The number of esters is 1. The van der Waals surface area contributed by atoms with Crippen molar-refractivity contribution in [2.75, 3.05) is 12.4 Å². The Morgan fingerprint density at radius 1 is 1.44 bits per heavy atom. The summed E-state index contributed by atoms with van der Waals surface area (Å²) in [6, 6.07) is 3.61. The van der Waals surface area contributed by atoms with Crippen LogP contribution in [0.4, 0.5) is 5.00 Å². The number of methoxy groups -OCH3 is 1. The summed E-state index contributed by atoms with van der Waals surface area (Å²) >= 11 is 0.959. The van der Waals surface area contributed by atoms with Crippen LogP contribution in [-0.4, -0.2) is 19.0 Å². The van der Waals surface area contributed by atoms with Gasteiger partial charge in [0, 0.05) is 0 Å². The first-order chi connectivity index (χ1) is 8.54. The second-order valence-corrected chi connectivity index (χ2v) is 4.27. The van der Waals surface area contributed by atoms with Crippen molar-refractivity contribution in [1.82, 2.24) is 0 Å². The molecule has 0 saturated carbocycles. The summed E-state index contributed by atoms with van der Waals surface area (Å²) in [5, 5.41) is 20.1. The molecule has 0 fully saturated rings. The van der Waals surface area contributed by atoms with E-state index in [1.807, 2.05) is 6.07 Å². The number of carbonyl (C=O) groups is 2. The first-order valence-corrected chi connectivity index (χ1v) is 5.65. The van der Waals surface area contributed by atoms with E-state index in [0.717, 1.165) is 11.3 Å². The number of rotatable bonds is 3. The van der Waals surface area contributed by atoms with Crippen molar-refractivity contribution in [3.63, 3.8) is 0 Å². The van der Waals surface area contributed by atoms with E-state index in [2.05, 4.69) is 10.1 Å². The lowest BCUT2D eigenvalue weighted by molar-refractivity contribution is -0.115. The van der Waals surface area contributed by atoms with E-state index in [9.17, 15) is 9.59 Å². The molecule has 1 rings (SSSR count). The molecule has 1 aromatic heterocycles. The Kier molecular flexibility index (Phi) is 4.41. The molecule has 0 atom stereocenters. The fourth-order valence-corrected chi connectivity index (χ4v) is 2.36. The smallest absolute Gasteiger partial charge is 0.348 e. The molecule has 0 saturated heterocycles. The van der Waals surface area contributed by atoms with Gasteiger partial charge in [-0.1, -0.05) is 0 Å². The van der Waals surface area contributed by atoms with Gasteiger partial charge in [-0.2, -0.15) is 10.5 Å². The molecule has 0 radical (unpaired) electrons. The van der Waals surface area contributed by atoms with Crippen LogP contribution < -0.4 is 5.32 Å². The normalized spacial score (nSPS) is 9.11. The fraction of sp³-hybridized carbons (Fsp3) is 0.273. The van der Waals surface area contributed by atoms with Crippen molar-refractivity contribution >= 4 is 28.2 Å². The lowest BCUT2D eigenvalue weighted by Crippen LogP contribution is -2.09. The van der Waals surface area contributed by atoms with E-state index in [-0.39, 0.29) is 21.9 Å². The highest BCUT2D eigenvalue weighted by Gasteiger charge is 2.21. The van der Waals surface area contributed by atoms with Gasteiger partial charge in [0.2, 0.25) is 5.91 Å². The first kappa shape index (κ1) is 13.7. The van der Waals surface area contributed by atoms with Crippen LogP contribution in [0.5, 0.6) is 0 Å². The lowest BCUT2D eigenvalue weighted by Gasteiger charge is -1.98. The molecule has 1 aromatic rings. The zero-order valence-corrected chi connectivity index (χ0v) is 10.6. The maximum atomic E-state index is 11.4. The van der Waals surface area contributed by atoms with E-state index in [1.165, 1.54) is 7.11 Å². The predicted octanol–water partition coefficient (Wildman–Crippen LogP) is 1.57. The number of nitrogens with one attached hydrogen (secondary N) is 1. The third-order valence-corrected chi connectivity index (χ3v) is 3.31. The predicted molar refractivity (Wildman–Crippen MR) is 64.0 cm³/mol. The largest absolute Gasteiger partial charge is 0.465 e. The number of hydrogen-bond acceptors (Lipinski definition) is 6. The Bertz CT molecular complexity index is 578. The third kappa shape index (κ3) is 2.65. The van der Waals surface area contributed by atoms with E-state index in [1.54, 1.807) is 13.0 Å². The van der Waals surface area contributed by atoms with Crippen molar-refractivity contribution in [2.45, 2.75) is 13.3 Å². The topological polar surface area (TPSA) is 103 Å². The highest BCUT2D eigenvalue weighted by molar-refractivity contribution is 7.18. The molecule has 0 aliphatic heterocycles. The zero-order chi connectivity index (χ0) is 13.7. The van der Waals surface area contributed by atoms with E-state index in [4.69, 9.17) is 10.5 Å². The quantitative estimate of drug-likeness (QED) is 0.833. The second kappa shape index (κ2) is 5.80. The summed E-state index contributed by atoms with van der Waals surface area (Å²) in [4.78, 5) is 23.0. The average molecular weight is 263 g/mol. The molecule has 7 heteroatoms. The first-order valence-electron chi connectivity index (χ1n) is 4.83. The molecule has 18 heavy (non-hydrogen) atoms. The van der Waals surface area contributed by atoms with Gasteiger partial charge in [0.05, 0.1) is 18.7 Å². The van der Waals surface area contributed by atoms with E-state index >= 15 is 0 Å². The van der Waals surface area contributed by atoms with Crippen molar-refractivity contribution in [3.05, 3.63) is 16.0 Å². The summed E-state index contributed by atoms with van der Waals surface area (Å²) in [7, 11) is 1.24. The summed E-state index contributed by atoms with van der Waals surface area (Å²) in [6.07, 6.45) is -0.310. The minimum Gasteiger partial charge on any atom is -0.465 e. The van der Waals surface area contributed by atoms with Gasteiger partial charge in [-0.15, -0.1) is 11.3 Å². The van der Waals surface area contributed by atoms with Crippen LogP contribution in [0.1, 0.15) is 27.2 Å². The Labute approximate surface area is 107 Å². The summed E-state index contributed by atoms with van der Waals surface area (Å²) in [5.41, 5.74) is 0.674. The highest BCUT2D eigenvalue weighted by Crippen LogP contribution is 2.32. The second-order valence-electron chi connectivity index (χ2n) is 3.25. The average Bonchev–Trinajstić information content (AvgIpc) is 2.65. The van der Waals surface area contributed by atoms with Crippen molar-refractivity contribution < 1.29 is 14.3 Å². The van der Waals surface area contributed by atoms with Gasteiger partial charge < -0.3 is 10.1 Å². The molecule has 0 aliphatic rings. The molecule has 1 N–H and O–H groups in total. The molecular formula is C11H9N3O3S.